The number of aliphatic hydroxyl groups excluding tert-OH is 3. The van der Waals surface area contributed by atoms with Crippen LogP contribution in [0, 0.1) is 5.92 Å². The molecule has 3 heterocycles. The first kappa shape index (κ1) is 94.1. The number of nitrogens with two attached hydrogens (primary N) is 1. The number of hydrogen-bond donors (Lipinski definition) is 21. The largest absolute Gasteiger partial charge is 0.493 e. The number of fused-ring (bicyclic) bond motifs is 27. The van der Waals surface area contributed by atoms with E-state index in [-0.39, 0.29) is 72.5 Å². The number of primary amides is 1. The molecule has 0 saturated carbocycles. The molecule has 0 spiro atoms. The third-order valence-corrected chi connectivity index (χ3v) is 19.4. The summed E-state index contributed by atoms with van der Waals surface area (Å²) in [5, 5.41) is 92.9. The summed E-state index contributed by atoms with van der Waals surface area (Å²) in [5.41, 5.74) is 6.62. The molecule has 3 aromatic rings. The molecule has 5 rings (SSSR count). The van der Waals surface area contributed by atoms with Gasteiger partial charge in [-0.15, -0.1) is 0 Å². The van der Waals surface area contributed by atoms with Gasteiger partial charge < -0.3 is 115 Å². The van der Waals surface area contributed by atoms with Crippen molar-refractivity contribution in [3.63, 3.8) is 0 Å². The second-order valence-electron chi connectivity index (χ2n) is 26.7. The molecule has 618 valence electrons. The summed E-state index contributed by atoms with van der Waals surface area (Å²) in [7, 11) is 0. The van der Waals surface area contributed by atoms with Crippen LogP contribution in [0.2, 0.25) is 0 Å². The molecule has 0 aliphatic carbocycles. The molecule has 0 unspecified atom stereocenters. The van der Waals surface area contributed by atoms with Gasteiger partial charge in [-0.05, 0) is 106 Å². The maximum Gasteiger partial charge on any atom is 0.305 e. The summed E-state index contributed by atoms with van der Waals surface area (Å²) in [6.07, 6.45) is -3.06. The third kappa shape index (κ3) is 31.8. The van der Waals surface area contributed by atoms with Crippen molar-refractivity contribution in [2.45, 2.75) is 190 Å². The molecular formula is C70H101N15O24S3. The number of carboxylic acid groups (broad SMARTS) is 3. The normalized spacial score (nSPS) is 20.7. The number of rotatable bonds is 34. The number of aliphatic hydroxyl groups is 3. The quantitative estimate of drug-likeness (QED) is 0.0249. The average molecular weight is 1630 g/mol. The predicted molar refractivity (Wildman–Crippen MR) is 408 cm³/mol. The standard InChI is InChI=1S/C70H101N15O24S3/c1-33(2)25-47(82-69(107)56(35(4)87)74-37(6)89)63(101)83-51(31-86)67(105)80-49(27-39-30-72-42-12-10-9-11-41(39)42)65(103)79-48-26-38-13-15-40(16-14-38)109-21-24-112-32-52(68(106)85-57(36(5)88)70(108)78-46(58(71)96)28-54(92)93)84-62(100)45(20-23-111-8)77-66(104)50(29-55(94)95)81-61(99)44(19-22-110-7)75-59(97)34(3)73-60(98)43(76-64(48)102)17-18-53(90)91/h9-16,30,33-36,43-52,56-57,72,86-88H,17-29,31-32H2,1-8H3,(H2,71,96)(H,73,98)(H,74,89)(H,75,97)(H,76,102)(H,77,104)(H,78,108)(H,79,103)(H,80,105)(H,81,99)(H,82,107)(H,83,101)(H,84,100)(H,85,106)(H,90,91)(H,92,93)(H,94,95)/t34-,35+,36+,43-,44-,45-,46-,47-,48-,49-,50-,51-,52-,56-,57-/m0/s1. The van der Waals surface area contributed by atoms with Crippen molar-refractivity contribution in [2.75, 3.05) is 48.7 Å². The zero-order valence-electron chi connectivity index (χ0n) is 62.9. The summed E-state index contributed by atoms with van der Waals surface area (Å²) in [6.45, 7) is 6.75. The molecule has 15 atom stereocenters. The number of para-hydroxylation sites is 1. The number of carboxylic acids is 3. The number of ether oxygens (including phenoxy) is 1. The van der Waals surface area contributed by atoms with Gasteiger partial charge in [-0.1, -0.05) is 44.2 Å². The molecule has 42 heteroatoms. The SMILES string of the molecule is CSCC[C@@H]1NC(=O)[C@H](C)NC(=O)[C@H](CCC(=O)O)NC(=O)[C@@H](NC(=O)[C@H](Cc2c[nH]c3ccccc23)NC(=O)[C@H](CO)NC(=O)[C@H](CC(C)C)NC(=O)[C@@H](NC(C)=O)[C@@H](C)O)Cc2ccc(cc2)OCCSC[C@@H](C(=O)N[C@H](C(=O)N[C@@H](CC(=O)O)C(N)=O)[C@@H](C)O)NC(=O)[C@H](CCSC)NC(=O)[C@H](CC(=O)O)NC1=O. The van der Waals surface area contributed by atoms with Crippen LogP contribution in [-0.2, 0) is 94.3 Å². The Hall–Kier alpha value is -10.3. The lowest BCUT2D eigenvalue weighted by molar-refractivity contribution is -0.141. The number of carbonyl (C=O) groups excluding carboxylic acids is 14. The topological polar surface area (TPSA) is 619 Å². The smallest absolute Gasteiger partial charge is 0.305 e. The Morgan fingerprint density at radius 1 is 0.598 bits per heavy atom. The second kappa shape index (κ2) is 47.2. The van der Waals surface area contributed by atoms with Crippen LogP contribution in [0.3, 0.4) is 0 Å². The second-order valence-corrected chi connectivity index (χ2v) is 29.8. The van der Waals surface area contributed by atoms with Crippen LogP contribution >= 0.6 is 35.3 Å². The van der Waals surface area contributed by atoms with Gasteiger partial charge >= 0.3 is 17.9 Å². The van der Waals surface area contributed by atoms with Gasteiger partial charge in [-0.2, -0.15) is 35.3 Å². The maximum absolute atomic E-state index is 15.2. The van der Waals surface area contributed by atoms with E-state index in [4.69, 9.17) is 10.5 Å². The molecule has 2 aromatic carbocycles. The number of nitrogens with one attached hydrogen (secondary N) is 14. The molecule has 2 aliphatic heterocycles. The Labute approximate surface area is 656 Å². The van der Waals surface area contributed by atoms with E-state index in [1.54, 1.807) is 50.6 Å². The van der Waals surface area contributed by atoms with Crippen molar-refractivity contribution >= 4 is 147 Å². The minimum Gasteiger partial charge on any atom is -0.493 e. The molecule has 22 N–H and O–H groups in total. The fraction of sp³-hybridized carbons (Fsp3) is 0.557. The summed E-state index contributed by atoms with van der Waals surface area (Å²) in [5.74, 6) is -20.1. The molecular weight excluding hydrogens is 1530 g/mol. The van der Waals surface area contributed by atoms with Gasteiger partial charge in [-0.25, -0.2) is 0 Å². The zero-order valence-corrected chi connectivity index (χ0v) is 65.3. The molecule has 0 saturated heterocycles. The van der Waals surface area contributed by atoms with Gasteiger partial charge in [0.1, 0.15) is 84.3 Å². The Balaban J connectivity index is 1.85. The molecule has 14 amide bonds. The highest BCUT2D eigenvalue weighted by molar-refractivity contribution is 7.99. The maximum atomic E-state index is 15.2. The van der Waals surface area contributed by atoms with Crippen molar-refractivity contribution < 1.29 is 117 Å². The summed E-state index contributed by atoms with van der Waals surface area (Å²) in [6, 6.07) is -9.55. The molecule has 39 nitrogen and oxygen atoms in total. The summed E-state index contributed by atoms with van der Waals surface area (Å²) < 4.78 is 6.00. The van der Waals surface area contributed by atoms with Gasteiger partial charge in [0.05, 0.1) is 38.3 Å². The number of aromatic amines is 1. The van der Waals surface area contributed by atoms with Gasteiger partial charge in [0.15, 0.2) is 0 Å². The van der Waals surface area contributed by atoms with Crippen molar-refractivity contribution in [3.8, 4) is 5.75 Å². The Bertz CT molecular complexity index is 3810. The fourth-order valence-corrected chi connectivity index (χ4v) is 12.9. The molecule has 0 radical (unpaired) electrons. The van der Waals surface area contributed by atoms with Crippen molar-refractivity contribution in [2.24, 2.45) is 11.7 Å². The van der Waals surface area contributed by atoms with E-state index in [0.29, 0.717) is 16.5 Å². The van der Waals surface area contributed by atoms with E-state index >= 15 is 9.59 Å². The lowest BCUT2D eigenvalue weighted by atomic mass is 10.0. The first-order valence-electron chi connectivity index (χ1n) is 35.5. The van der Waals surface area contributed by atoms with Crippen LogP contribution in [0.25, 0.3) is 10.9 Å². The summed E-state index contributed by atoms with van der Waals surface area (Å²) in [4.78, 5) is 235. The van der Waals surface area contributed by atoms with Gasteiger partial charge in [0, 0.05) is 54.8 Å². The Morgan fingerprint density at radius 2 is 1.12 bits per heavy atom. The van der Waals surface area contributed by atoms with Crippen LogP contribution in [-0.4, -0.2) is 276 Å². The number of aromatic nitrogens is 1. The van der Waals surface area contributed by atoms with Crippen LogP contribution in [0.1, 0.15) is 97.6 Å². The highest BCUT2D eigenvalue weighted by atomic mass is 32.2. The molecule has 0 fully saturated rings. The number of H-pyrrole nitrogens is 1. The van der Waals surface area contributed by atoms with Gasteiger partial charge in [0.2, 0.25) is 82.7 Å². The Kier molecular flexibility index (Phi) is 39.6. The predicted octanol–water partition coefficient (Wildman–Crippen LogP) is -4.97. The van der Waals surface area contributed by atoms with E-state index in [2.05, 4.69) is 74.1 Å². The van der Waals surface area contributed by atoms with Crippen molar-refractivity contribution in [1.29, 1.82) is 0 Å². The summed E-state index contributed by atoms with van der Waals surface area (Å²) >= 11 is 3.40. The van der Waals surface area contributed by atoms with E-state index in [9.17, 15) is 103 Å². The first-order chi connectivity index (χ1) is 52.9. The monoisotopic (exact) mass is 1630 g/mol. The zero-order chi connectivity index (χ0) is 83.6. The van der Waals surface area contributed by atoms with Gasteiger partial charge in [0.25, 0.3) is 0 Å². The molecule has 2 aliphatic rings. The molecule has 112 heavy (non-hydrogen) atoms. The lowest BCUT2D eigenvalue weighted by Crippen LogP contribution is -2.62. The number of aliphatic carboxylic acids is 3. The molecule has 1 aromatic heterocycles. The Morgan fingerprint density at radius 3 is 1.69 bits per heavy atom. The van der Waals surface area contributed by atoms with Gasteiger partial charge in [-0.3, -0.25) is 81.5 Å². The minimum absolute atomic E-state index is 0.0212. The van der Waals surface area contributed by atoms with E-state index in [1.165, 1.54) is 60.9 Å². The minimum atomic E-state index is -1.97. The number of benzene rings is 2. The highest BCUT2D eigenvalue weighted by Crippen LogP contribution is 2.21. The van der Waals surface area contributed by atoms with Crippen LogP contribution in [0.4, 0.5) is 0 Å². The average Bonchev–Trinajstić information content (AvgIpc) is 1.66. The van der Waals surface area contributed by atoms with Crippen molar-refractivity contribution in [1.82, 2.24) is 74.1 Å². The van der Waals surface area contributed by atoms with Crippen molar-refractivity contribution in [3.05, 3.63) is 65.9 Å². The number of amides is 14. The molecule has 2 bridgehead atoms. The first-order valence-corrected chi connectivity index (χ1v) is 39.5. The highest BCUT2D eigenvalue weighted by Gasteiger charge is 2.39. The van der Waals surface area contributed by atoms with E-state index < -0.39 is 230 Å². The van der Waals surface area contributed by atoms with E-state index in [0.717, 1.165) is 32.5 Å². The van der Waals surface area contributed by atoms with E-state index in [1.807, 2.05) is 0 Å². The lowest BCUT2D eigenvalue weighted by Gasteiger charge is -2.28. The third-order valence-electron chi connectivity index (χ3n) is 17.1. The number of thioether (sulfide) groups is 3. The number of carbonyl (C=O) groups is 17. The van der Waals surface area contributed by atoms with Crippen LogP contribution in [0.15, 0.2) is 54.7 Å². The van der Waals surface area contributed by atoms with Crippen LogP contribution in [0.5, 0.6) is 5.75 Å². The van der Waals surface area contributed by atoms with Crippen LogP contribution < -0.4 is 79.6 Å². The fourth-order valence-electron chi connectivity index (χ4n) is 11.1. The number of hydrogen-bond acceptors (Lipinski definition) is 24.